The standard InChI is InChI=1S/C23H27N3O2/c27-21-12-11-20(23(28)25-15-18-13-24-14-18)22(19-9-5-2-6-10-19)26(21)16-17-7-3-1-4-8-17/h1-10,18,20,22,24H,11-16H2,(H,25,28). The van der Waals surface area contributed by atoms with Crippen LogP contribution >= 0.6 is 0 Å². The first kappa shape index (κ1) is 18.7. The molecule has 5 heteroatoms. The van der Waals surface area contributed by atoms with Gasteiger partial charge in [-0.05, 0) is 17.5 Å². The molecule has 2 atom stereocenters. The number of rotatable bonds is 6. The van der Waals surface area contributed by atoms with Crippen LogP contribution in [0, 0.1) is 11.8 Å². The largest absolute Gasteiger partial charge is 0.355 e. The number of amides is 2. The highest BCUT2D eigenvalue weighted by atomic mass is 16.2. The molecular formula is C23H27N3O2. The van der Waals surface area contributed by atoms with E-state index in [1.165, 1.54) is 0 Å². The Morgan fingerprint density at radius 2 is 1.71 bits per heavy atom. The smallest absolute Gasteiger partial charge is 0.225 e. The van der Waals surface area contributed by atoms with Gasteiger partial charge < -0.3 is 15.5 Å². The third-order valence-electron chi connectivity index (χ3n) is 5.81. The summed E-state index contributed by atoms with van der Waals surface area (Å²) < 4.78 is 0. The number of carbonyl (C=O) groups is 2. The summed E-state index contributed by atoms with van der Waals surface area (Å²) in [7, 11) is 0. The predicted molar refractivity (Wildman–Crippen MR) is 108 cm³/mol. The van der Waals surface area contributed by atoms with Crippen LogP contribution in [0.3, 0.4) is 0 Å². The van der Waals surface area contributed by atoms with Crippen molar-refractivity contribution in [3.05, 3.63) is 71.8 Å². The molecule has 28 heavy (non-hydrogen) atoms. The maximum absolute atomic E-state index is 13.1. The van der Waals surface area contributed by atoms with Crippen molar-refractivity contribution in [1.82, 2.24) is 15.5 Å². The van der Waals surface area contributed by atoms with Gasteiger partial charge in [0.05, 0.1) is 12.0 Å². The molecule has 2 aliphatic heterocycles. The molecule has 2 fully saturated rings. The van der Waals surface area contributed by atoms with Crippen molar-refractivity contribution in [3.8, 4) is 0 Å². The second-order valence-corrected chi connectivity index (χ2v) is 7.78. The van der Waals surface area contributed by atoms with E-state index in [1.807, 2.05) is 65.6 Å². The Bertz CT molecular complexity index is 805. The Kier molecular flexibility index (Phi) is 5.72. The molecule has 0 aromatic heterocycles. The second-order valence-electron chi connectivity index (χ2n) is 7.78. The van der Waals surface area contributed by atoms with Gasteiger partial charge in [0.25, 0.3) is 0 Å². The molecule has 0 spiro atoms. The van der Waals surface area contributed by atoms with Crippen molar-refractivity contribution >= 4 is 11.8 Å². The zero-order valence-corrected chi connectivity index (χ0v) is 16.0. The molecule has 2 saturated heterocycles. The van der Waals surface area contributed by atoms with Crippen molar-refractivity contribution in [2.75, 3.05) is 19.6 Å². The van der Waals surface area contributed by atoms with E-state index in [0.29, 0.717) is 31.8 Å². The van der Waals surface area contributed by atoms with Crippen LogP contribution in [0.5, 0.6) is 0 Å². The van der Waals surface area contributed by atoms with Crippen LogP contribution in [-0.2, 0) is 16.1 Å². The van der Waals surface area contributed by atoms with Gasteiger partial charge in [0.1, 0.15) is 0 Å². The fraction of sp³-hybridized carbons (Fsp3) is 0.391. The number of nitrogens with one attached hydrogen (secondary N) is 2. The zero-order chi connectivity index (χ0) is 19.3. The van der Waals surface area contributed by atoms with E-state index < -0.39 is 0 Å². The molecule has 0 radical (unpaired) electrons. The Labute approximate surface area is 166 Å². The lowest BCUT2D eigenvalue weighted by Gasteiger charge is -2.41. The number of hydrogen-bond acceptors (Lipinski definition) is 3. The molecule has 0 bridgehead atoms. The van der Waals surface area contributed by atoms with Crippen LogP contribution in [0.2, 0.25) is 0 Å². The Morgan fingerprint density at radius 1 is 1.04 bits per heavy atom. The fourth-order valence-corrected chi connectivity index (χ4v) is 4.13. The maximum Gasteiger partial charge on any atom is 0.225 e. The minimum Gasteiger partial charge on any atom is -0.355 e. The number of piperidine rings is 1. The third kappa shape index (κ3) is 4.09. The lowest BCUT2D eigenvalue weighted by molar-refractivity contribution is -0.144. The SMILES string of the molecule is O=C(NCC1CNC1)C1CCC(=O)N(Cc2ccccc2)C1c1ccccc1. The van der Waals surface area contributed by atoms with Crippen LogP contribution in [0.4, 0.5) is 0 Å². The van der Waals surface area contributed by atoms with Crippen LogP contribution < -0.4 is 10.6 Å². The van der Waals surface area contributed by atoms with Crippen molar-refractivity contribution in [2.24, 2.45) is 11.8 Å². The molecule has 2 aromatic rings. The van der Waals surface area contributed by atoms with Crippen molar-refractivity contribution in [1.29, 1.82) is 0 Å². The Morgan fingerprint density at radius 3 is 2.36 bits per heavy atom. The molecular weight excluding hydrogens is 350 g/mol. The molecule has 2 amide bonds. The summed E-state index contributed by atoms with van der Waals surface area (Å²) in [6.07, 6.45) is 1.01. The Hall–Kier alpha value is -2.66. The first-order valence-corrected chi connectivity index (χ1v) is 10.1. The first-order valence-electron chi connectivity index (χ1n) is 10.1. The normalized spacial score (nSPS) is 22.6. The van der Waals surface area contributed by atoms with Gasteiger partial charge in [-0.3, -0.25) is 9.59 Å². The summed E-state index contributed by atoms with van der Waals surface area (Å²) in [6, 6.07) is 19.7. The molecule has 0 saturated carbocycles. The summed E-state index contributed by atoms with van der Waals surface area (Å²) >= 11 is 0. The van der Waals surface area contributed by atoms with E-state index >= 15 is 0 Å². The average Bonchev–Trinajstić information content (AvgIpc) is 2.69. The van der Waals surface area contributed by atoms with Crippen molar-refractivity contribution in [3.63, 3.8) is 0 Å². The maximum atomic E-state index is 13.1. The lowest BCUT2D eigenvalue weighted by atomic mass is 9.83. The predicted octanol–water partition coefficient (Wildman–Crippen LogP) is 2.50. The fourth-order valence-electron chi connectivity index (χ4n) is 4.13. The lowest BCUT2D eigenvalue weighted by Crippen LogP contribution is -2.51. The monoisotopic (exact) mass is 377 g/mol. The topological polar surface area (TPSA) is 61.4 Å². The first-order chi connectivity index (χ1) is 13.7. The van der Waals surface area contributed by atoms with E-state index in [0.717, 1.165) is 24.2 Å². The van der Waals surface area contributed by atoms with Crippen LogP contribution in [0.25, 0.3) is 0 Å². The highest BCUT2D eigenvalue weighted by Crippen LogP contribution is 2.38. The van der Waals surface area contributed by atoms with E-state index in [2.05, 4.69) is 10.6 Å². The van der Waals surface area contributed by atoms with Gasteiger partial charge in [0, 0.05) is 38.5 Å². The van der Waals surface area contributed by atoms with E-state index in [4.69, 9.17) is 0 Å². The molecule has 2 aliphatic rings. The van der Waals surface area contributed by atoms with Crippen LogP contribution in [0.15, 0.2) is 60.7 Å². The molecule has 2 N–H and O–H groups in total. The third-order valence-corrected chi connectivity index (χ3v) is 5.81. The average molecular weight is 377 g/mol. The zero-order valence-electron chi connectivity index (χ0n) is 16.0. The van der Waals surface area contributed by atoms with Crippen LogP contribution in [-0.4, -0.2) is 36.3 Å². The summed E-state index contributed by atoms with van der Waals surface area (Å²) in [5, 5.41) is 6.37. The molecule has 2 heterocycles. The van der Waals surface area contributed by atoms with Gasteiger partial charge >= 0.3 is 0 Å². The van der Waals surface area contributed by atoms with Gasteiger partial charge in [-0.15, -0.1) is 0 Å². The molecule has 0 aliphatic carbocycles. The number of likely N-dealkylation sites (tertiary alicyclic amines) is 1. The summed E-state index contributed by atoms with van der Waals surface area (Å²) in [5.41, 5.74) is 2.11. The summed E-state index contributed by atoms with van der Waals surface area (Å²) in [5.74, 6) is 0.470. The van der Waals surface area contributed by atoms with Crippen molar-refractivity contribution < 1.29 is 9.59 Å². The van der Waals surface area contributed by atoms with Crippen LogP contribution in [0.1, 0.15) is 30.0 Å². The molecule has 2 unspecified atom stereocenters. The highest BCUT2D eigenvalue weighted by Gasteiger charge is 2.40. The number of nitrogens with zero attached hydrogens (tertiary/aromatic N) is 1. The minimum atomic E-state index is -0.234. The van der Waals surface area contributed by atoms with E-state index in [9.17, 15) is 9.59 Å². The molecule has 5 nitrogen and oxygen atoms in total. The molecule has 146 valence electrons. The van der Waals surface area contributed by atoms with Gasteiger partial charge in [-0.25, -0.2) is 0 Å². The highest BCUT2D eigenvalue weighted by molar-refractivity contribution is 5.85. The number of benzene rings is 2. The van der Waals surface area contributed by atoms with Gasteiger partial charge in [0.2, 0.25) is 11.8 Å². The van der Waals surface area contributed by atoms with Gasteiger partial charge in [0.15, 0.2) is 0 Å². The summed E-state index contributed by atoms with van der Waals surface area (Å²) in [6.45, 7) is 3.16. The van der Waals surface area contributed by atoms with Crippen molar-refractivity contribution in [2.45, 2.75) is 25.4 Å². The Balaban J connectivity index is 1.59. The van der Waals surface area contributed by atoms with Gasteiger partial charge in [-0.2, -0.15) is 0 Å². The molecule has 4 rings (SSSR count). The number of carbonyl (C=O) groups excluding carboxylic acids is 2. The van der Waals surface area contributed by atoms with E-state index in [1.54, 1.807) is 0 Å². The second kappa shape index (κ2) is 8.57. The summed E-state index contributed by atoms with van der Waals surface area (Å²) in [4.78, 5) is 27.8. The number of hydrogen-bond donors (Lipinski definition) is 2. The molecule has 2 aromatic carbocycles. The van der Waals surface area contributed by atoms with E-state index in [-0.39, 0.29) is 23.8 Å². The quantitative estimate of drug-likeness (QED) is 0.813. The van der Waals surface area contributed by atoms with Gasteiger partial charge in [-0.1, -0.05) is 60.7 Å². The minimum absolute atomic E-state index is 0.0614.